The SMILES string of the molecule is Cc1ccccc1C1C(=O)NCCN1S(=O)(=O)c1ccccc1C#N. The second kappa shape index (κ2) is 6.67. The van der Waals surface area contributed by atoms with E-state index in [-0.39, 0.29) is 29.5 Å². The Morgan fingerprint density at radius 2 is 1.84 bits per heavy atom. The Hall–Kier alpha value is -2.69. The number of aryl methyl sites for hydroxylation is 1. The Morgan fingerprint density at radius 3 is 2.56 bits per heavy atom. The highest BCUT2D eigenvalue weighted by atomic mass is 32.2. The molecule has 6 nitrogen and oxygen atoms in total. The van der Waals surface area contributed by atoms with E-state index in [0.29, 0.717) is 5.56 Å². The summed E-state index contributed by atoms with van der Waals surface area (Å²) < 4.78 is 27.6. The van der Waals surface area contributed by atoms with Crippen molar-refractivity contribution in [2.24, 2.45) is 0 Å². The second-order valence-corrected chi connectivity index (χ2v) is 7.63. The molecule has 2 aromatic carbocycles. The molecule has 7 heteroatoms. The third-order valence-corrected chi connectivity index (χ3v) is 6.17. The molecule has 3 rings (SSSR count). The van der Waals surface area contributed by atoms with E-state index in [1.807, 2.05) is 25.1 Å². The first-order valence-corrected chi connectivity index (χ1v) is 9.25. The first-order valence-electron chi connectivity index (χ1n) is 7.81. The number of nitrogens with one attached hydrogen (secondary N) is 1. The summed E-state index contributed by atoms with van der Waals surface area (Å²) in [6.07, 6.45) is 0. The lowest BCUT2D eigenvalue weighted by Crippen LogP contribution is -2.52. The monoisotopic (exact) mass is 355 g/mol. The van der Waals surface area contributed by atoms with Gasteiger partial charge in [0.15, 0.2) is 0 Å². The van der Waals surface area contributed by atoms with Gasteiger partial charge in [0.2, 0.25) is 15.9 Å². The molecular weight excluding hydrogens is 338 g/mol. The molecule has 1 heterocycles. The lowest BCUT2D eigenvalue weighted by atomic mass is 9.99. The van der Waals surface area contributed by atoms with Gasteiger partial charge < -0.3 is 5.32 Å². The van der Waals surface area contributed by atoms with Gasteiger partial charge in [-0.05, 0) is 30.2 Å². The zero-order valence-electron chi connectivity index (χ0n) is 13.6. The molecule has 1 N–H and O–H groups in total. The Labute approximate surface area is 146 Å². The Morgan fingerprint density at radius 1 is 1.16 bits per heavy atom. The van der Waals surface area contributed by atoms with Crippen molar-refractivity contribution in [2.45, 2.75) is 17.9 Å². The average Bonchev–Trinajstić information content (AvgIpc) is 2.62. The number of rotatable bonds is 3. The van der Waals surface area contributed by atoms with Crippen LogP contribution in [0.4, 0.5) is 0 Å². The van der Waals surface area contributed by atoms with Crippen LogP contribution in [-0.2, 0) is 14.8 Å². The van der Waals surface area contributed by atoms with Crippen LogP contribution in [0.3, 0.4) is 0 Å². The first-order chi connectivity index (χ1) is 12.0. The number of hydrogen-bond donors (Lipinski definition) is 1. The Balaban J connectivity index is 2.14. The lowest BCUT2D eigenvalue weighted by molar-refractivity contribution is -0.126. The number of benzene rings is 2. The molecule has 0 aliphatic carbocycles. The molecule has 1 amide bonds. The Bertz CT molecular complexity index is 964. The third kappa shape index (κ3) is 3.02. The molecule has 0 saturated carbocycles. The fourth-order valence-electron chi connectivity index (χ4n) is 3.01. The van der Waals surface area contributed by atoms with Gasteiger partial charge in [0, 0.05) is 13.1 Å². The molecule has 1 aliphatic rings. The van der Waals surface area contributed by atoms with E-state index in [1.54, 1.807) is 24.3 Å². The van der Waals surface area contributed by atoms with Crippen molar-refractivity contribution >= 4 is 15.9 Å². The maximum Gasteiger partial charge on any atom is 0.245 e. The molecule has 1 unspecified atom stereocenters. The van der Waals surface area contributed by atoms with Crippen LogP contribution in [0, 0.1) is 18.3 Å². The van der Waals surface area contributed by atoms with Gasteiger partial charge in [-0.1, -0.05) is 36.4 Å². The summed E-state index contributed by atoms with van der Waals surface area (Å²) in [5.74, 6) is -0.362. The molecule has 1 atom stereocenters. The molecule has 0 radical (unpaired) electrons. The summed E-state index contributed by atoms with van der Waals surface area (Å²) in [6, 6.07) is 14.2. The summed E-state index contributed by atoms with van der Waals surface area (Å²) in [6.45, 7) is 2.22. The maximum atomic E-state index is 13.2. The molecule has 1 saturated heterocycles. The van der Waals surface area contributed by atoms with Crippen LogP contribution in [0.1, 0.15) is 22.7 Å². The summed E-state index contributed by atoms with van der Waals surface area (Å²) >= 11 is 0. The van der Waals surface area contributed by atoms with Gasteiger partial charge in [-0.25, -0.2) is 8.42 Å². The van der Waals surface area contributed by atoms with E-state index in [1.165, 1.54) is 16.4 Å². The summed E-state index contributed by atoms with van der Waals surface area (Å²) in [5, 5.41) is 12.0. The zero-order chi connectivity index (χ0) is 18.0. The number of piperazine rings is 1. The lowest BCUT2D eigenvalue weighted by Gasteiger charge is -2.35. The predicted molar refractivity (Wildman–Crippen MR) is 92.0 cm³/mol. The fourth-order valence-corrected chi connectivity index (χ4v) is 4.72. The van der Waals surface area contributed by atoms with E-state index < -0.39 is 16.1 Å². The molecule has 0 bridgehead atoms. The van der Waals surface area contributed by atoms with Crippen molar-refractivity contribution in [3.05, 3.63) is 65.2 Å². The molecule has 2 aromatic rings. The van der Waals surface area contributed by atoms with Crippen molar-refractivity contribution in [1.82, 2.24) is 9.62 Å². The highest BCUT2D eigenvalue weighted by Gasteiger charge is 2.40. The highest BCUT2D eigenvalue weighted by Crippen LogP contribution is 2.32. The minimum absolute atomic E-state index is 0.0667. The molecular formula is C18H17N3O3S. The normalized spacial score (nSPS) is 18.4. The van der Waals surface area contributed by atoms with Crippen LogP contribution in [0.15, 0.2) is 53.4 Å². The fraction of sp³-hybridized carbons (Fsp3) is 0.222. The van der Waals surface area contributed by atoms with Gasteiger partial charge in [-0.3, -0.25) is 4.79 Å². The predicted octanol–water partition coefficient (Wildman–Crippen LogP) is 1.73. The largest absolute Gasteiger partial charge is 0.353 e. The second-order valence-electron chi connectivity index (χ2n) is 5.77. The summed E-state index contributed by atoms with van der Waals surface area (Å²) in [7, 11) is -4.00. The third-order valence-electron chi connectivity index (χ3n) is 4.24. The summed E-state index contributed by atoms with van der Waals surface area (Å²) in [5.41, 5.74) is 1.54. The molecule has 0 aromatic heterocycles. The minimum atomic E-state index is -4.00. The van der Waals surface area contributed by atoms with Gasteiger partial charge in [-0.15, -0.1) is 0 Å². The van der Waals surface area contributed by atoms with Gasteiger partial charge in [0.1, 0.15) is 12.1 Å². The van der Waals surface area contributed by atoms with E-state index >= 15 is 0 Å². The van der Waals surface area contributed by atoms with Crippen LogP contribution in [0.5, 0.6) is 0 Å². The molecule has 0 spiro atoms. The zero-order valence-corrected chi connectivity index (χ0v) is 14.5. The van der Waals surface area contributed by atoms with Crippen LogP contribution in [0.2, 0.25) is 0 Å². The highest BCUT2D eigenvalue weighted by molar-refractivity contribution is 7.89. The number of nitrogens with zero attached hydrogens (tertiary/aromatic N) is 2. The minimum Gasteiger partial charge on any atom is -0.353 e. The van der Waals surface area contributed by atoms with Gasteiger partial charge in [-0.2, -0.15) is 9.57 Å². The van der Waals surface area contributed by atoms with E-state index in [2.05, 4.69) is 5.32 Å². The number of amides is 1. The topological polar surface area (TPSA) is 90.3 Å². The average molecular weight is 355 g/mol. The molecule has 128 valence electrons. The van der Waals surface area contributed by atoms with Gasteiger partial charge >= 0.3 is 0 Å². The van der Waals surface area contributed by atoms with Crippen LogP contribution < -0.4 is 5.32 Å². The van der Waals surface area contributed by atoms with E-state index in [4.69, 9.17) is 0 Å². The molecule has 1 fully saturated rings. The molecule has 1 aliphatic heterocycles. The first kappa shape index (κ1) is 17.1. The maximum absolute atomic E-state index is 13.2. The standard InChI is InChI=1S/C18H17N3O3S/c1-13-6-2-4-8-15(13)17-18(22)20-10-11-21(17)25(23,24)16-9-5-3-7-14(16)12-19/h2-9,17H,10-11H2,1H3,(H,20,22). The number of nitriles is 1. The molecule has 25 heavy (non-hydrogen) atoms. The van der Waals surface area contributed by atoms with Crippen molar-refractivity contribution in [2.75, 3.05) is 13.1 Å². The number of carbonyl (C=O) groups is 1. The number of sulfonamides is 1. The van der Waals surface area contributed by atoms with Crippen molar-refractivity contribution in [1.29, 1.82) is 5.26 Å². The van der Waals surface area contributed by atoms with Gasteiger partial charge in [0.05, 0.1) is 10.5 Å². The van der Waals surface area contributed by atoms with E-state index in [9.17, 15) is 18.5 Å². The quantitative estimate of drug-likeness (QED) is 0.908. The number of carbonyl (C=O) groups excluding carboxylic acids is 1. The smallest absolute Gasteiger partial charge is 0.245 e. The van der Waals surface area contributed by atoms with Crippen LogP contribution >= 0.6 is 0 Å². The van der Waals surface area contributed by atoms with Crippen LogP contribution in [0.25, 0.3) is 0 Å². The van der Waals surface area contributed by atoms with Crippen molar-refractivity contribution in [3.63, 3.8) is 0 Å². The van der Waals surface area contributed by atoms with Crippen molar-refractivity contribution < 1.29 is 13.2 Å². The van der Waals surface area contributed by atoms with Gasteiger partial charge in [0.25, 0.3) is 0 Å². The number of hydrogen-bond acceptors (Lipinski definition) is 4. The van der Waals surface area contributed by atoms with Crippen LogP contribution in [-0.4, -0.2) is 31.7 Å². The summed E-state index contributed by atoms with van der Waals surface area (Å²) in [4.78, 5) is 12.4. The van der Waals surface area contributed by atoms with E-state index in [0.717, 1.165) is 5.56 Å². The van der Waals surface area contributed by atoms with Crippen molar-refractivity contribution in [3.8, 4) is 6.07 Å². The Kier molecular flexibility index (Phi) is 4.57.